The number of rotatable bonds is 2. The van der Waals surface area contributed by atoms with Crippen LogP contribution in [0.2, 0.25) is 5.02 Å². The van der Waals surface area contributed by atoms with E-state index in [0.717, 1.165) is 28.7 Å². The summed E-state index contributed by atoms with van der Waals surface area (Å²) >= 11 is 6.05. The lowest BCUT2D eigenvalue weighted by Crippen LogP contribution is -2.19. The van der Waals surface area contributed by atoms with E-state index in [4.69, 9.17) is 17.3 Å². The SMILES string of the molecule is Cc1c(C)c(CC(C)N)c(C)c(Cl)c1O. The Morgan fingerprint density at radius 3 is 2.20 bits per heavy atom. The molecule has 3 heteroatoms. The zero-order chi connectivity index (χ0) is 11.7. The van der Waals surface area contributed by atoms with Gasteiger partial charge in [-0.2, -0.15) is 0 Å². The maximum atomic E-state index is 9.76. The van der Waals surface area contributed by atoms with Gasteiger partial charge in [0.15, 0.2) is 0 Å². The third-order valence-corrected chi connectivity index (χ3v) is 3.35. The molecule has 0 radical (unpaired) electrons. The van der Waals surface area contributed by atoms with E-state index < -0.39 is 0 Å². The lowest BCUT2D eigenvalue weighted by atomic mass is 9.93. The third kappa shape index (κ3) is 2.27. The van der Waals surface area contributed by atoms with E-state index in [9.17, 15) is 5.11 Å². The van der Waals surface area contributed by atoms with Gasteiger partial charge in [-0.3, -0.25) is 0 Å². The minimum Gasteiger partial charge on any atom is -0.506 e. The molecule has 0 saturated carbocycles. The standard InChI is InChI=1S/C12H18ClNO/c1-6(14)5-10-7(2)8(3)12(15)11(13)9(10)4/h6,15H,5,14H2,1-4H3. The van der Waals surface area contributed by atoms with Crippen molar-refractivity contribution in [3.8, 4) is 5.75 Å². The van der Waals surface area contributed by atoms with Crippen LogP contribution in [0.5, 0.6) is 5.75 Å². The smallest absolute Gasteiger partial charge is 0.137 e. The van der Waals surface area contributed by atoms with Crippen molar-refractivity contribution in [2.75, 3.05) is 0 Å². The molecule has 3 N–H and O–H groups in total. The van der Waals surface area contributed by atoms with Crippen molar-refractivity contribution < 1.29 is 5.11 Å². The maximum Gasteiger partial charge on any atom is 0.137 e. The summed E-state index contributed by atoms with van der Waals surface area (Å²) in [6, 6.07) is 0.0995. The van der Waals surface area contributed by atoms with E-state index >= 15 is 0 Å². The van der Waals surface area contributed by atoms with Crippen molar-refractivity contribution in [2.24, 2.45) is 5.73 Å². The number of hydrogen-bond donors (Lipinski definition) is 2. The van der Waals surface area contributed by atoms with Crippen LogP contribution < -0.4 is 5.73 Å². The third-order valence-electron chi connectivity index (χ3n) is 2.89. The molecule has 15 heavy (non-hydrogen) atoms. The van der Waals surface area contributed by atoms with Gasteiger partial charge in [0.25, 0.3) is 0 Å². The number of phenols is 1. The molecule has 84 valence electrons. The lowest BCUT2D eigenvalue weighted by Gasteiger charge is -2.17. The molecule has 0 aliphatic carbocycles. The molecule has 0 spiro atoms. The molecule has 0 aromatic heterocycles. The Morgan fingerprint density at radius 2 is 1.73 bits per heavy atom. The van der Waals surface area contributed by atoms with Gasteiger partial charge in [0.05, 0.1) is 5.02 Å². The Morgan fingerprint density at radius 1 is 1.20 bits per heavy atom. The van der Waals surface area contributed by atoms with Gasteiger partial charge in [0.2, 0.25) is 0 Å². The van der Waals surface area contributed by atoms with Gasteiger partial charge >= 0.3 is 0 Å². The van der Waals surface area contributed by atoms with Crippen LogP contribution in [0.25, 0.3) is 0 Å². The Labute approximate surface area is 96.1 Å². The zero-order valence-electron chi connectivity index (χ0n) is 9.69. The van der Waals surface area contributed by atoms with Crippen molar-refractivity contribution >= 4 is 11.6 Å². The van der Waals surface area contributed by atoms with Crippen LogP contribution in [-0.4, -0.2) is 11.1 Å². The van der Waals surface area contributed by atoms with Crippen LogP contribution in [0.4, 0.5) is 0 Å². The van der Waals surface area contributed by atoms with Gasteiger partial charge in [-0.1, -0.05) is 11.6 Å². The van der Waals surface area contributed by atoms with E-state index in [1.54, 1.807) is 0 Å². The van der Waals surface area contributed by atoms with Crippen molar-refractivity contribution in [3.05, 3.63) is 27.3 Å². The summed E-state index contributed by atoms with van der Waals surface area (Å²) in [6.45, 7) is 7.76. The maximum absolute atomic E-state index is 9.76. The second-order valence-corrected chi connectivity index (χ2v) is 4.58. The predicted molar refractivity (Wildman–Crippen MR) is 64.7 cm³/mol. The second-order valence-electron chi connectivity index (χ2n) is 4.20. The zero-order valence-corrected chi connectivity index (χ0v) is 10.4. The van der Waals surface area contributed by atoms with E-state index in [2.05, 4.69) is 0 Å². The van der Waals surface area contributed by atoms with Crippen molar-refractivity contribution in [1.29, 1.82) is 0 Å². The first-order valence-corrected chi connectivity index (χ1v) is 5.46. The Bertz CT molecular complexity index is 357. The number of halogens is 1. The van der Waals surface area contributed by atoms with Gasteiger partial charge in [0, 0.05) is 6.04 Å². The summed E-state index contributed by atoms with van der Waals surface area (Å²) in [4.78, 5) is 0. The number of hydrogen-bond acceptors (Lipinski definition) is 2. The highest BCUT2D eigenvalue weighted by Gasteiger charge is 2.15. The van der Waals surface area contributed by atoms with Gasteiger partial charge in [-0.15, -0.1) is 0 Å². The molecule has 0 heterocycles. The molecule has 0 fully saturated rings. The first-order valence-electron chi connectivity index (χ1n) is 5.09. The van der Waals surface area contributed by atoms with Gasteiger partial charge in [-0.05, 0) is 56.4 Å². The minimum absolute atomic E-state index is 0.0995. The second kappa shape index (κ2) is 4.42. The molecule has 1 aromatic carbocycles. The van der Waals surface area contributed by atoms with Crippen LogP contribution in [0, 0.1) is 20.8 Å². The van der Waals surface area contributed by atoms with Crippen LogP contribution in [-0.2, 0) is 6.42 Å². The summed E-state index contributed by atoms with van der Waals surface area (Å²) in [7, 11) is 0. The normalized spacial score (nSPS) is 12.9. The minimum atomic E-state index is 0.0995. The molecule has 0 aliphatic heterocycles. The predicted octanol–water partition coefficient (Wildman–Crippen LogP) is 2.86. The Balaban J connectivity index is 3.39. The first kappa shape index (κ1) is 12.3. The average Bonchev–Trinajstić information content (AvgIpc) is 2.18. The number of phenolic OH excluding ortho intramolecular Hbond substituents is 1. The van der Waals surface area contributed by atoms with Gasteiger partial charge < -0.3 is 10.8 Å². The number of benzene rings is 1. The van der Waals surface area contributed by atoms with Gasteiger partial charge in [-0.25, -0.2) is 0 Å². The van der Waals surface area contributed by atoms with Crippen molar-refractivity contribution in [2.45, 2.75) is 40.2 Å². The van der Waals surface area contributed by atoms with E-state index in [1.807, 2.05) is 27.7 Å². The molecule has 1 atom stereocenters. The summed E-state index contributed by atoms with van der Waals surface area (Å²) in [5, 5.41) is 10.2. The summed E-state index contributed by atoms with van der Waals surface area (Å²) in [6.07, 6.45) is 0.790. The lowest BCUT2D eigenvalue weighted by molar-refractivity contribution is 0.469. The fourth-order valence-corrected chi connectivity index (χ4v) is 2.04. The molecular weight excluding hydrogens is 210 g/mol. The summed E-state index contributed by atoms with van der Waals surface area (Å²) in [5.41, 5.74) is 9.83. The Kier molecular flexibility index (Phi) is 3.63. The highest BCUT2D eigenvalue weighted by molar-refractivity contribution is 6.33. The monoisotopic (exact) mass is 227 g/mol. The topological polar surface area (TPSA) is 46.2 Å². The van der Waals surface area contributed by atoms with Crippen molar-refractivity contribution in [3.63, 3.8) is 0 Å². The molecule has 0 saturated heterocycles. The highest BCUT2D eigenvalue weighted by Crippen LogP contribution is 2.36. The fourth-order valence-electron chi connectivity index (χ4n) is 1.79. The summed E-state index contributed by atoms with van der Waals surface area (Å²) in [5.74, 6) is 0.195. The molecular formula is C12H18ClNO. The molecule has 2 nitrogen and oxygen atoms in total. The van der Waals surface area contributed by atoms with Crippen molar-refractivity contribution in [1.82, 2.24) is 0 Å². The number of aromatic hydroxyl groups is 1. The quantitative estimate of drug-likeness (QED) is 0.816. The highest BCUT2D eigenvalue weighted by atomic mass is 35.5. The van der Waals surface area contributed by atoms with E-state index in [1.165, 1.54) is 0 Å². The largest absolute Gasteiger partial charge is 0.506 e. The van der Waals surface area contributed by atoms with Crippen LogP contribution in [0.15, 0.2) is 0 Å². The molecule has 0 amide bonds. The molecule has 1 aromatic rings. The Hall–Kier alpha value is -0.730. The van der Waals surface area contributed by atoms with Gasteiger partial charge in [0.1, 0.15) is 5.75 Å². The summed E-state index contributed by atoms with van der Waals surface area (Å²) < 4.78 is 0. The molecule has 1 rings (SSSR count). The molecule has 0 bridgehead atoms. The fraction of sp³-hybridized carbons (Fsp3) is 0.500. The first-order chi connectivity index (χ1) is 6.86. The van der Waals surface area contributed by atoms with Crippen LogP contribution in [0.1, 0.15) is 29.2 Å². The molecule has 0 aliphatic rings. The van der Waals surface area contributed by atoms with Crippen LogP contribution >= 0.6 is 11.6 Å². The molecule has 1 unspecified atom stereocenters. The average molecular weight is 228 g/mol. The van der Waals surface area contributed by atoms with E-state index in [-0.39, 0.29) is 11.8 Å². The number of nitrogens with two attached hydrogens (primary N) is 1. The van der Waals surface area contributed by atoms with E-state index in [0.29, 0.717) is 5.02 Å². The van der Waals surface area contributed by atoms with Crippen LogP contribution in [0.3, 0.4) is 0 Å².